The van der Waals surface area contributed by atoms with Crippen LogP contribution in [-0.4, -0.2) is 47.4 Å². The van der Waals surface area contributed by atoms with Gasteiger partial charge in [-0.2, -0.15) is 0 Å². The van der Waals surface area contributed by atoms with E-state index >= 15 is 0 Å². The largest absolute Gasteiger partial charge is 0.466 e. The van der Waals surface area contributed by atoms with Crippen molar-refractivity contribution in [3.05, 3.63) is 12.2 Å². The molecule has 2 unspecified atom stereocenters. The topological polar surface area (TPSA) is 95.9 Å². The summed E-state index contributed by atoms with van der Waals surface area (Å²) in [5.41, 5.74) is 0. The molecule has 0 saturated carbocycles. The molecule has 0 aliphatic carbocycles. The molecule has 0 aromatic carbocycles. The molecule has 0 rings (SSSR count). The van der Waals surface area contributed by atoms with Crippen molar-refractivity contribution >= 4 is 11.9 Å². The minimum absolute atomic E-state index is 0.0123. The lowest BCUT2D eigenvalue weighted by molar-refractivity contribution is -0.143. The Hall–Kier alpha value is -1.40. The number of amides is 1. The number of hydrogen-bond donors (Lipinski definition) is 3. The smallest absolute Gasteiger partial charge is 0.305 e. The first-order valence-electron chi connectivity index (χ1n) is 33.9. The molecule has 6 nitrogen and oxygen atoms in total. The number of allylic oxidation sites excluding steroid dienone is 2. The second kappa shape index (κ2) is 64.1. The van der Waals surface area contributed by atoms with Crippen LogP contribution in [0, 0.1) is 0 Å². The van der Waals surface area contributed by atoms with Gasteiger partial charge in [0.05, 0.1) is 25.4 Å². The van der Waals surface area contributed by atoms with E-state index in [1.165, 1.54) is 315 Å². The standard InChI is InChI=1S/C68H133NO5/c1-3-5-7-9-11-13-15-17-19-20-21-23-26-29-33-36-40-44-48-52-56-60-66(71)65(64-70)69-67(72)61-57-53-49-45-41-37-34-30-27-24-22-25-28-31-35-39-43-47-51-55-59-63-74-68(73)62-58-54-50-46-42-38-32-18-16-14-12-10-8-6-4-2/h24,27,65-66,70-71H,3-23,25-26,28-64H2,1-2H3,(H,69,72)/b27-24-. The van der Waals surface area contributed by atoms with Gasteiger partial charge in [0.25, 0.3) is 0 Å². The van der Waals surface area contributed by atoms with Crippen molar-refractivity contribution in [1.82, 2.24) is 5.32 Å². The number of ether oxygens (including phenoxy) is 1. The van der Waals surface area contributed by atoms with Crippen LogP contribution < -0.4 is 5.32 Å². The Morgan fingerprint density at radius 3 is 0.959 bits per heavy atom. The lowest BCUT2D eigenvalue weighted by atomic mass is 10.0. The highest BCUT2D eigenvalue weighted by Gasteiger charge is 2.20. The summed E-state index contributed by atoms with van der Waals surface area (Å²) in [7, 11) is 0. The molecule has 0 bridgehead atoms. The second-order valence-electron chi connectivity index (χ2n) is 23.5. The number of carbonyl (C=O) groups is 2. The molecule has 0 aliphatic heterocycles. The average Bonchev–Trinajstić information content (AvgIpc) is 3.40. The van der Waals surface area contributed by atoms with Gasteiger partial charge in [-0.25, -0.2) is 0 Å². The summed E-state index contributed by atoms with van der Waals surface area (Å²) in [5, 5.41) is 23.4. The number of aliphatic hydroxyl groups excluding tert-OH is 2. The number of nitrogens with one attached hydrogen (secondary N) is 1. The van der Waals surface area contributed by atoms with Crippen LogP contribution in [-0.2, 0) is 14.3 Å². The number of aliphatic hydroxyl groups is 2. The van der Waals surface area contributed by atoms with Crippen LogP contribution in [0.1, 0.15) is 386 Å². The average molecular weight is 1040 g/mol. The van der Waals surface area contributed by atoms with Crippen molar-refractivity contribution < 1.29 is 24.5 Å². The zero-order chi connectivity index (χ0) is 53.6. The molecule has 0 aromatic heterocycles. The molecule has 2 atom stereocenters. The van der Waals surface area contributed by atoms with Gasteiger partial charge in [0.2, 0.25) is 5.91 Å². The molecule has 0 fully saturated rings. The Morgan fingerprint density at radius 2 is 0.635 bits per heavy atom. The summed E-state index contributed by atoms with van der Waals surface area (Å²) in [6, 6.07) is -0.547. The lowest BCUT2D eigenvalue weighted by Crippen LogP contribution is -2.45. The fraction of sp³-hybridized carbons (Fsp3) is 0.941. The van der Waals surface area contributed by atoms with Gasteiger partial charge in [-0.05, 0) is 51.4 Å². The fourth-order valence-electron chi connectivity index (χ4n) is 10.9. The van der Waals surface area contributed by atoms with Crippen LogP contribution in [0.4, 0.5) is 0 Å². The third kappa shape index (κ3) is 59.8. The molecule has 0 aromatic rings. The molecule has 1 amide bonds. The van der Waals surface area contributed by atoms with Crippen LogP contribution in [0.2, 0.25) is 0 Å². The van der Waals surface area contributed by atoms with Crippen LogP contribution in [0.3, 0.4) is 0 Å². The predicted octanol–water partition coefficient (Wildman–Crippen LogP) is 21.6. The Labute approximate surface area is 463 Å². The number of rotatable bonds is 64. The van der Waals surface area contributed by atoms with Gasteiger partial charge in [-0.3, -0.25) is 9.59 Å². The van der Waals surface area contributed by atoms with Gasteiger partial charge in [0.1, 0.15) is 0 Å². The quantitative estimate of drug-likeness (QED) is 0.0320. The summed E-state index contributed by atoms with van der Waals surface area (Å²) < 4.78 is 5.49. The first-order chi connectivity index (χ1) is 36.5. The van der Waals surface area contributed by atoms with E-state index in [1.54, 1.807) is 0 Å². The molecule has 6 heteroatoms. The highest BCUT2D eigenvalue weighted by atomic mass is 16.5. The molecule has 0 spiro atoms. The van der Waals surface area contributed by atoms with Crippen LogP contribution in [0.15, 0.2) is 12.2 Å². The van der Waals surface area contributed by atoms with Gasteiger partial charge < -0.3 is 20.3 Å². The zero-order valence-corrected chi connectivity index (χ0v) is 50.4. The number of hydrogen-bond acceptors (Lipinski definition) is 5. The maximum Gasteiger partial charge on any atom is 0.305 e. The molecular formula is C68H133NO5. The lowest BCUT2D eigenvalue weighted by Gasteiger charge is -2.22. The van der Waals surface area contributed by atoms with Crippen molar-refractivity contribution in [1.29, 1.82) is 0 Å². The van der Waals surface area contributed by atoms with Gasteiger partial charge in [-0.15, -0.1) is 0 Å². The Bertz CT molecular complexity index is 1110. The summed E-state index contributed by atoms with van der Waals surface area (Å²) in [6.45, 7) is 4.99. The highest BCUT2D eigenvalue weighted by molar-refractivity contribution is 5.76. The van der Waals surface area contributed by atoms with E-state index in [2.05, 4.69) is 31.3 Å². The highest BCUT2D eigenvalue weighted by Crippen LogP contribution is 2.19. The van der Waals surface area contributed by atoms with Crippen LogP contribution in [0.25, 0.3) is 0 Å². The molecule has 0 saturated heterocycles. The SMILES string of the molecule is CCCCCCCCCCCCCCCCCCCCCCCC(O)C(CO)NC(=O)CCCCCCCCC/C=C\CCCCCCCCCCCCOC(=O)CCCCCCCCCCCCCCCCC. The predicted molar refractivity (Wildman–Crippen MR) is 324 cm³/mol. The second-order valence-corrected chi connectivity index (χ2v) is 23.5. The summed E-state index contributed by atoms with van der Waals surface area (Å²) >= 11 is 0. The van der Waals surface area contributed by atoms with Gasteiger partial charge in [0, 0.05) is 12.8 Å². The van der Waals surface area contributed by atoms with E-state index in [-0.39, 0.29) is 18.5 Å². The number of esters is 1. The third-order valence-corrected chi connectivity index (χ3v) is 16.1. The molecule has 0 aliphatic rings. The monoisotopic (exact) mass is 1040 g/mol. The van der Waals surface area contributed by atoms with E-state index in [9.17, 15) is 19.8 Å². The first kappa shape index (κ1) is 72.6. The Kier molecular flexibility index (Phi) is 62.9. The van der Waals surface area contributed by atoms with Crippen LogP contribution >= 0.6 is 0 Å². The Balaban J connectivity index is 3.41. The van der Waals surface area contributed by atoms with Gasteiger partial charge in [-0.1, -0.05) is 334 Å². The maximum atomic E-state index is 12.5. The van der Waals surface area contributed by atoms with Gasteiger partial charge >= 0.3 is 5.97 Å². The van der Waals surface area contributed by atoms with Gasteiger partial charge in [0.15, 0.2) is 0 Å². The van der Waals surface area contributed by atoms with Crippen molar-refractivity contribution in [2.75, 3.05) is 13.2 Å². The van der Waals surface area contributed by atoms with E-state index in [1.807, 2.05) is 0 Å². The summed E-state index contributed by atoms with van der Waals surface area (Å²) in [5.74, 6) is -0.0259. The number of carbonyl (C=O) groups excluding carboxylic acids is 2. The van der Waals surface area contributed by atoms with Crippen molar-refractivity contribution in [3.63, 3.8) is 0 Å². The van der Waals surface area contributed by atoms with Crippen molar-refractivity contribution in [2.45, 2.75) is 398 Å². The maximum absolute atomic E-state index is 12.5. The molecule has 440 valence electrons. The number of unbranched alkanes of at least 4 members (excludes halogenated alkanes) is 51. The van der Waals surface area contributed by atoms with E-state index in [4.69, 9.17) is 4.74 Å². The Morgan fingerprint density at radius 1 is 0.365 bits per heavy atom. The van der Waals surface area contributed by atoms with Crippen molar-refractivity contribution in [2.24, 2.45) is 0 Å². The molecular weight excluding hydrogens is 911 g/mol. The zero-order valence-electron chi connectivity index (χ0n) is 50.4. The van der Waals surface area contributed by atoms with Crippen LogP contribution in [0.5, 0.6) is 0 Å². The first-order valence-corrected chi connectivity index (χ1v) is 33.9. The fourth-order valence-corrected chi connectivity index (χ4v) is 10.9. The molecule has 0 radical (unpaired) electrons. The summed E-state index contributed by atoms with van der Waals surface area (Å²) in [4.78, 5) is 24.6. The molecule has 0 heterocycles. The summed E-state index contributed by atoms with van der Waals surface area (Å²) in [6.07, 6.45) is 78.1. The minimum atomic E-state index is -0.670. The molecule has 74 heavy (non-hydrogen) atoms. The minimum Gasteiger partial charge on any atom is -0.466 e. The van der Waals surface area contributed by atoms with E-state index < -0.39 is 12.1 Å². The van der Waals surface area contributed by atoms with E-state index in [0.717, 1.165) is 38.5 Å². The molecule has 3 N–H and O–H groups in total. The van der Waals surface area contributed by atoms with E-state index in [0.29, 0.717) is 25.9 Å². The third-order valence-electron chi connectivity index (χ3n) is 16.1. The van der Waals surface area contributed by atoms with Crippen molar-refractivity contribution in [3.8, 4) is 0 Å². The normalized spacial score (nSPS) is 12.5.